The zero-order chi connectivity index (χ0) is 7.28. The summed E-state index contributed by atoms with van der Waals surface area (Å²) in [5.74, 6) is -0.748. The van der Waals surface area contributed by atoms with Crippen LogP contribution in [-0.2, 0) is 9.53 Å². The van der Waals surface area contributed by atoms with E-state index in [0.29, 0.717) is 0 Å². The maximum atomic E-state index is 10.2. The van der Waals surface area contributed by atoms with Crippen molar-refractivity contribution in [1.82, 2.24) is 0 Å². The molecule has 4 nitrogen and oxygen atoms in total. The number of carbonyl (C=O) groups excluding carboxylic acids is 1. The van der Waals surface area contributed by atoms with Gasteiger partial charge < -0.3 is 9.84 Å². The summed E-state index contributed by atoms with van der Waals surface area (Å²) in [5.41, 5.74) is 5.08. The van der Waals surface area contributed by atoms with Gasteiger partial charge in [0.1, 0.15) is 6.61 Å². The van der Waals surface area contributed by atoms with Crippen LogP contribution in [-0.4, -0.2) is 23.9 Å². The first-order valence-electron chi connectivity index (χ1n) is 2.39. The first kappa shape index (κ1) is 8.13. The van der Waals surface area contributed by atoms with Gasteiger partial charge in [0.15, 0.2) is 6.23 Å². The molecule has 0 heterocycles. The summed E-state index contributed by atoms with van der Waals surface area (Å²) in [5, 5.41) is 8.11. The highest BCUT2D eigenvalue weighted by atomic mass is 16.6. The quantitative estimate of drug-likeness (QED) is 0.292. The molecule has 0 aliphatic rings. The lowest BCUT2D eigenvalue weighted by Crippen LogP contribution is -2.25. The van der Waals surface area contributed by atoms with Crippen molar-refractivity contribution in [2.45, 2.75) is 6.23 Å². The van der Waals surface area contributed by atoms with E-state index in [0.717, 1.165) is 0 Å². The van der Waals surface area contributed by atoms with Crippen LogP contribution >= 0.6 is 0 Å². The molecular formula is C5H9NO3. The highest BCUT2D eigenvalue weighted by Crippen LogP contribution is 1.83. The maximum absolute atomic E-state index is 10.2. The van der Waals surface area contributed by atoms with Crippen molar-refractivity contribution in [1.29, 1.82) is 0 Å². The van der Waals surface area contributed by atoms with Crippen molar-refractivity contribution < 1.29 is 14.6 Å². The average molecular weight is 131 g/mol. The first-order chi connectivity index (χ1) is 4.20. The minimum absolute atomic E-state index is 0.651. The molecule has 52 valence electrons. The van der Waals surface area contributed by atoms with Gasteiger partial charge >= 0.3 is 5.97 Å². The number of nitrogens with two attached hydrogens (primary N) is 1. The maximum Gasteiger partial charge on any atom is 0.333 e. The van der Waals surface area contributed by atoms with Gasteiger partial charge in [0.25, 0.3) is 0 Å². The van der Waals surface area contributed by atoms with Crippen LogP contribution in [0.15, 0.2) is 12.7 Å². The van der Waals surface area contributed by atoms with Gasteiger partial charge in [0.2, 0.25) is 0 Å². The number of rotatable bonds is 3. The van der Waals surface area contributed by atoms with Gasteiger partial charge in [-0.25, -0.2) is 4.79 Å². The monoisotopic (exact) mass is 131 g/mol. The van der Waals surface area contributed by atoms with Gasteiger partial charge in [-0.3, -0.25) is 5.73 Å². The molecule has 4 heteroatoms. The molecule has 0 radical (unpaired) electrons. The van der Waals surface area contributed by atoms with Crippen LogP contribution in [0.5, 0.6) is 0 Å². The number of carbonyl (C=O) groups is 1. The average Bonchev–Trinajstić information content (AvgIpc) is 1.87. The Morgan fingerprint density at radius 1 is 2.00 bits per heavy atom. The highest BCUT2D eigenvalue weighted by molar-refractivity contribution is 5.70. The molecular weight excluding hydrogens is 122 g/mol. The zero-order valence-electron chi connectivity index (χ0n) is 4.91. The molecule has 0 aromatic rings. The summed E-state index contributed by atoms with van der Waals surface area (Å²) in [6.07, 6.45) is 0.442. The van der Waals surface area contributed by atoms with E-state index in [1.165, 1.54) is 6.08 Å². The van der Waals surface area contributed by atoms with E-state index in [9.17, 15) is 4.79 Å². The van der Waals surface area contributed by atoms with Crippen LogP contribution in [0.3, 0.4) is 0 Å². The van der Waals surface area contributed by atoms with Crippen LogP contribution < -0.4 is 5.73 Å². The minimum atomic E-state index is -0.815. The molecule has 1 atom stereocenters. The molecule has 0 amide bonds. The number of aliphatic hydroxyl groups is 1. The molecule has 0 rings (SSSR count). The van der Waals surface area contributed by atoms with Crippen molar-refractivity contribution in [2.75, 3.05) is 6.61 Å². The van der Waals surface area contributed by atoms with E-state index in [4.69, 9.17) is 10.8 Å². The van der Waals surface area contributed by atoms with E-state index in [2.05, 4.69) is 11.3 Å². The Kier molecular flexibility index (Phi) is 3.66. The summed E-state index contributed by atoms with van der Waals surface area (Å²) in [6.45, 7) is 2.61. The fraction of sp³-hybridized carbons (Fsp3) is 0.400. The third-order valence-corrected chi connectivity index (χ3v) is 0.629. The molecule has 1 unspecified atom stereocenters. The number of esters is 1. The van der Waals surface area contributed by atoms with Gasteiger partial charge in [-0.05, 0) is 6.08 Å². The third-order valence-electron chi connectivity index (χ3n) is 0.629. The highest BCUT2D eigenvalue weighted by Gasteiger charge is 2.02. The predicted octanol–water partition coefficient (Wildman–Crippen LogP) is -1.01. The van der Waals surface area contributed by atoms with E-state index in [-0.39, 0.29) is 0 Å². The van der Waals surface area contributed by atoms with Crippen molar-refractivity contribution in [3.8, 4) is 0 Å². The van der Waals surface area contributed by atoms with Gasteiger partial charge in [-0.15, -0.1) is 0 Å². The lowest BCUT2D eigenvalue weighted by atomic mass is 10.6. The van der Waals surface area contributed by atoms with Crippen molar-refractivity contribution in [2.24, 2.45) is 5.73 Å². The fourth-order valence-corrected chi connectivity index (χ4v) is 0.237. The molecule has 0 aliphatic heterocycles. The third kappa shape index (κ3) is 3.69. The van der Waals surface area contributed by atoms with Crippen LogP contribution in [0.4, 0.5) is 0 Å². The van der Waals surface area contributed by atoms with E-state index in [1.54, 1.807) is 0 Å². The number of aliphatic hydroxyl groups excluding tert-OH is 1. The van der Waals surface area contributed by atoms with E-state index in [1.807, 2.05) is 0 Å². The lowest BCUT2D eigenvalue weighted by molar-refractivity contribution is -0.149. The van der Waals surface area contributed by atoms with Crippen LogP contribution in [0, 0.1) is 0 Å². The van der Waals surface area contributed by atoms with Crippen molar-refractivity contribution in [3.63, 3.8) is 0 Å². The summed E-state index contributed by atoms with van der Waals surface area (Å²) >= 11 is 0. The zero-order valence-corrected chi connectivity index (χ0v) is 4.91. The van der Waals surface area contributed by atoms with Crippen molar-refractivity contribution in [3.05, 3.63) is 12.7 Å². The molecule has 0 spiro atoms. The first-order valence-corrected chi connectivity index (χ1v) is 2.39. The second-order valence-electron chi connectivity index (χ2n) is 1.35. The smallest absolute Gasteiger partial charge is 0.333 e. The summed E-state index contributed by atoms with van der Waals surface area (Å²) in [6, 6.07) is 0. The second-order valence-corrected chi connectivity index (χ2v) is 1.35. The van der Waals surface area contributed by atoms with Crippen LogP contribution in [0.25, 0.3) is 0 Å². The molecule has 0 aromatic carbocycles. The van der Waals surface area contributed by atoms with Gasteiger partial charge in [0, 0.05) is 0 Å². The number of hydrogen-bond acceptors (Lipinski definition) is 4. The van der Waals surface area contributed by atoms with Crippen LogP contribution in [0.2, 0.25) is 0 Å². The molecule has 9 heavy (non-hydrogen) atoms. The molecule has 0 saturated carbocycles. The Morgan fingerprint density at radius 2 is 2.56 bits per heavy atom. The number of hydrogen-bond donors (Lipinski definition) is 2. The van der Waals surface area contributed by atoms with Crippen LogP contribution in [0.1, 0.15) is 0 Å². The summed E-state index contributed by atoms with van der Waals surface area (Å²) < 4.78 is 4.32. The lowest BCUT2D eigenvalue weighted by Gasteiger charge is -2.05. The fourth-order valence-electron chi connectivity index (χ4n) is 0.237. The van der Waals surface area contributed by atoms with E-state index >= 15 is 0 Å². The molecule has 0 fully saturated rings. The Morgan fingerprint density at radius 3 is 2.89 bits per heavy atom. The standard InChI is InChI=1S/C5H9NO3/c1-2-4(6)9-5(8)3-7/h2,4,7H,1,3,6H2. The Hall–Kier alpha value is -0.870. The summed E-state index contributed by atoms with van der Waals surface area (Å²) in [4.78, 5) is 10.2. The summed E-state index contributed by atoms with van der Waals surface area (Å²) in [7, 11) is 0. The SMILES string of the molecule is C=CC(N)OC(=O)CO. The Balaban J connectivity index is 3.46. The predicted molar refractivity (Wildman–Crippen MR) is 31.4 cm³/mol. The second kappa shape index (κ2) is 4.05. The van der Waals surface area contributed by atoms with Gasteiger partial charge in [-0.1, -0.05) is 6.58 Å². The molecule has 0 saturated heterocycles. The minimum Gasteiger partial charge on any atom is -0.441 e. The van der Waals surface area contributed by atoms with Gasteiger partial charge in [-0.2, -0.15) is 0 Å². The number of ether oxygens (including phenoxy) is 1. The largest absolute Gasteiger partial charge is 0.441 e. The van der Waals surface area contributed by atoms with Gasteiger partial charge in [0.05, 0.1) is 0 Å². The molecule has 0 bridgehead atoms. The molecule has 0 aliphatic carbocycles. The molecule has 0 aromatic heterocycles. The Bertz CT molecular complexity index is 113. The van der Waals surface area contributed by atoms with E-state index < -0.39 is 18.8 Å². The topological polar surface area (TPSA) is 72.5 Å². The molecule has 3 N–H and O–H groups in total. The van der Waals surface area contributed by atoms with Crippen molar-refractivity contribution >= 4 is 5.97 Å². The Labute approximate surface area is 52.9 Å². The normalized spacial score (nSPS) is 12.2.